The summed E-state index contributed by atoms with van der Waals surface area (Å²) in [5.74, 6) is -0.995. The number of rotatable bonds is 10. The minimum absolute atomic E-state index is 0.0202. The highest BCUT2D eigenvalue weighted by atomic mass is 31.2. The molecule has 0 aliphatic rings. The highest BCUT2D eigenvalue weighted by molar-refractivity contribution is 7.52. The van der Waals surface area contributed by atoms with Gasteiger partial charge in [0.15, 0.2) is 0 Å². The summed E-state index contributed by atoms with van der Waals surface area (Å²) in [7, 11) is -4.23. The molecule has 2 aromatic carbocycles. The Hall–Kier alpha value is -2.90. The molecule has 0 saturated carbocycles. The quantitative estimate of drug-likeness (QED) is 0.322. The normalized spacial score (nSPS) is 15.2. The molecule has 9 nitrogen and oxygen atoms in total. The van der Waals surface area contributed by atoms with E-state index in [4.69, 9.17) is 9.05 Å². The predicted octanol–water partition coefficient (Wildman–Crippen LogP) is 4.64. The van der Waals surface area contributed by atoms with Crippen LogP contribution >= 0.6 is 7.75 Å². The van der Waals surface area contributed by atoms with Crippen molar-refractivity contribution < 1.29 is 28.4 Å². The molecule has 0 bridgehead atoms. The van der Waals surface area contributed by atoms with Crippen LogP contribution in [0.25, 0.3) is 0 Å². The molecule has 2 atom stereocenters. The fourth-order valence-electron chi connectivity index (χ4n) is 2.75. The summed E-state index contributed by atoms with van der Waals surface area (Å²) in [4.78, 5) is 22.1. The Bertz CT molecular complexity index is 903. The Labute approximate surface area is 168 Å². The van der Waals surface area contributed by atoms with Gasteiger partial charge in [0.25, 0.3) is 5.69 Å². The molecule has 0 heterocycles. The lowest BCUT2D eigenvalue weighted by Gasteiger charge is -2.31. The van der Waals surface area contributed by atoms with Crippen LogP contribution in [-0.2, 0) is 9.36 Å². The first-order valence-corrected chi connectivity index (χ1v) is 10.4. The molecular weight excluding hydrogens is 399 g/mol. The van der Waals surface area contributed by atoms with Crippen LogP contribution in [0.3, 0.4) is 0 Å². The zero-order valence-corrected chi connectivity index (χ0v) is 17.2. The lowest BCUT2D eigenvalue weighted by atomic mass is 9.92. The van der Waals surface area contributed by atoms with Gasteiger partial charge in [0.1, 0.15) is 17.0 Å². The Morgan fingerprint density at radius 3 is 2.10 bits per heavy atom. The van der Waals surface area contributed by atoms with Gasteiger partial charge in [0.2, 0.25) is 0 Å². The second-order valence-electron chi connectivity index (χ2n) is 7.09. The number of nitro groups is 1. The van der Waals surface area contributed by atoms with E-state index in [0.717, 1.165) is 0 Å². The van der Waals surface area contributed by atoms with Crippen molar-refractivity contribution in [3.8, 4) is 11.5 Å². The molecule has 10 heteroatoms. The monoisotopic (exact) mass is 422 g/mol. The predicted molar refractivity (Wildman–Crippen MR) is 107 cm³/mol. The molecule has 0 saturated heterocycles. The molecule has 0 aliphatic carbocycles. The molecule has 156 valence electrons. The van der Waals surface area contributed by atoms with Crippen LogP contribution in [0, 0.1) is 16.0 Å². The number of nitrogens with zero attached hydrogens (tertiary/aromatic N) is 1. The number of hydrogen-bond acceptors (Lipinski definition) is 6. The van der Waals surface area contributed by atoms with Gasteiger partial charge < -0.3 is 14.2 Å². The summed E-state index contributed by atoms with van der Waals surface area (Å²) in [6.45, 7) is 5.07. The number of hydrogen-bond donors (Lipinski definition) is 2. The zero-order valence-electron chi connectivity index (χ0n) is 16.3. The van der Waals surface area contributed by atoms with Crippen LogP contribution in [0.5, 0.6) is 11.5 Å². The third-order valence-electron chi connectivity index (χ3n) is 3.91. The minimum atomic E-state index is -4.23. The van der Waals surface area contributed by atoms with E-state index in [0.29, 0.717) is 0 Å². The highest BCUT2D eigenvalue weighted by Crippen LogP contribution is 2.47. The lowest BCUT2D eigenvalue weighted by molar-refractivity contribution is -0.384. The summed E-state index contributed by atoms with van der Waals surface area (Å²) in [6.07, 6.45) is 0.161. The SMILES string of the molecule is CC(C)CC(C)(NP(=O)(Oc1ccccc1)Oc1ccc([N+](=O)[O-])cc1)C(=O)O. The van der Waals surface area contributed by atoms with Crippen LogP contribution in [0.1, 0.15) is 27.2 Å². The third-order valence-corrected chi connectivity index (χ3v) is 5.58. The van der Waals surface area contributed by atoms with Gasteiger partial charge in [-0.05, 0) is 43.5 Å². The Kier molecular flexibility index (Phi) is 7.00. The zero-order chi connectivity index (χ0) is 21.7. The molecule has 2 aromatic rings. The van der Waals surface area contributed by atoms with Gasteiger partial charge in [-0.1, -0.05) is 32.0 Å². The average molecular weight is 422 g/mol. The molecule has 0 aliphatic heterocycles. The highest BCUT2D eigenvalue weighted by Gasteiger charge is 2.44. The number of non-ortho nitro benzene ring substituents is 1. The number of carboxylic acids is 1. The molecule has 2 unspecified atom stereocenters. The minimum Gasteiger partial charge on any atom is -0.480 e. The Morgan fingerprint density at radius 2 is 1.66 bits per heavy atom. The van der Waals surface area contributed by atoms with Crippen molar-refractivity contribution in [1.82, 2.24) is 5.09 Å². The lowest BCUT2D eigenvalue weighted by Crippen LogP contribution is -2.50. The first-order valence-electron chi connectivity index (χ1n) is 8.84. The van der Waals surface area contributed by atoms with E-state index in [-0.39, 0.29) is 29.5 Å². The van der Waals surface area contributed by atoms with Crippen molar-refractivity contribution in [3.05, 3.63) is 64.7 Å². The Balaban J connectivity index is 2.38. The van der Waals surface area contributed by atoms with E-state index in [1.165, 1.54) is 31.2 Å². The van der Waals surface area contributed by atoms with Crippen LogP contribution in [0.2, 0.25) is 0 Å². The maximum Gasteiger partial charge on any atom is 0.513 e. The number of benzene rings is 2. The summed E-state index contributed by atoms with van der Waals surface area (Å²) in [5.41, 5.74) is -1.77. The van der Waals surface area contributed by atoms with E-state index in [1.807, 2.05) is 13.8 Å². The van der Waals surface area contributed by atoms with E-state index in [9.17, 15) is 24.6 Å². The maximum atomic E-state index is 13.5. The molecule has 0 amide bonds. The summed E-state index contributed by atoms with van der Waals surface area (Å²) in [6, 6.07) is 13.1. The van der Waals surface area contributed by atoms with Gasteiger partial charge in [-0.25, -0.2) is 4.57 Å². The van der Waals surface area contributed by atoms with Crippen molar-refractivity contribution in [2.45, 2.75) is 32.7 Å². The van der Waals surface area contributed by atoms with Crippen molar-refractivity contribution in [3.63, 3.8) is 0 Å². The molecule has 0 aromatic heterocycles. The molecule has 0 fully saturated rings. The van der Waals surface area contributed by atoms with Crippen LogP contribution in [-0.4, -0.2) is 21.5 Å². The van der Waals surface area contributed by atoms with Gasteiger partial charge in [0.05, 0.1) is 4.92 Å². The van der Waals surface area contributed by atoms with Crippen LogP contribution < -0.4 is 14.1 Å². The van der Waals surface area contributed by atoms with Gasteiger partial charge in [-0.3, -0.25) is 14.9 Å². The molecule has 0 radical (unpaired) electrons. The van der Waals surface area contributed by atoms with Crippen molar-refractivity contribution in [1.29, 1.82) is 0 Å². The van der Waals surface area contributed by atoms with Gasteiger partial charge in [0, 0.05) is 12.1 Å². The first-order chi connectivity index (χ1) is 13.5. The smallest absolute Gasteiger partial charge is 0.480 e. The van der Waals surface area contributed by atoms with Gasteiger partial charge >= 0.3 is 13.7 Å². The number of nitrogens with one attached hydrogen (secondary N) is 1. The third kappa shape index (κ3) is 6.30. The van der Waals surface area contributed by atoms with E-state index >= 15 is 0 Å². The molecule has 0 spiro atoms. The fourth-order valence-corrected chi connectivity index (χ4v) is 4.47. The second kappa shape index (κ2) is 9.07. The van der Waals surface area contributed by atoms with E-state index < -0.39 is 24.2 Å². The van der Waals surface area contributed by atoms with Crippen LogP contribution in [0.15, 0.2) is 54.6 Å². The van der Waals surface area contributed by atoms with Crippen LogP contribution in [0.4, 0.5) is 5.69 Å². The van der Waals surface area contributed by atoms with Gasteiger partial charge in [-0.15, -0.1) is 0 Å². The van der Waals surface area contributed by atoms with Crippen molar-refractivity contribution in [2.75, 3.05) is 0 Å². The second-order valence-corrected chi connectivity index (χ2v) is 8.67. The summed E-state index contributed by atoms with van der Waals surface area (Å²) < 4.78 is 24.6. The number of nitro benzene ring substituents is 1. The molecular formula is C19H23N2O7P. The fraction of sp³-hybridized carbons (Fsp3) is 0.316. The van der Waals surface area contributed by atoms with E-state index in [2.05, 4.69) is 5.09 Å². The number of carbonyl (C=O) groups is 1. The standard InChI is InChI=1S/C19H23N2O7P/c1-14(2)13-19(3,18(22)23)20-29(26,27-16-7-5-4-6-8-16)28-17-11-9-15(10-12-17)21(24)25/h4-12,14H,13H2,1-3H3,(H,20,26)(H,22,23). The molecule has 2 N–H and O–H groups in total. The largest absolute Gasteiger partial charge is 0.513 e. The summed E-state index contributed by atoms with van der Waals surface area (Å²) >= 11 is 0. The first kappa shape index (κ1) is 22.4. The number of carboxylic acid groups (broad SMARTS) is 1. The summed E-state index contributed by atoms with van der Waals surface area (Å²) in [5, 5.41) is 23.1. The topological polar surface area (TPSA) is 128 Å². The number of para-hydroxylation sites is 1. The van der Waals surface area contributed by atoms with Crippen molar-refractivity contribution >= 4 is 19.4 Å². The Morgan fingerprint density at radius 1 is 1.14 bits per heavy atom. The average Bonchev–Trinajstić information content (AvgIpc) is 2.61. The van der Waals surface area contributed by atoms with Gasteiger partial charge in [-0.2, -0.15) is 5.09 Å². The van der Waals surface area contributed by atoms with Crippen molar-refractivity contribution in [2.24, 2.45) is 5.92 Å². The molecule has 2 rings (SSSR count). The molecule has 29 heavy (non-hydrogen) atoms. The number of aliphatic carboxylic acids is 1. The maximum absolute atomic E-state index is 13.5. The van der Waals surface area contributed by atoms with E-state index in [1.54, 1.807) is 30.3 Å².